The predicted molar refractivity (Wildman–Crippen MR) is 74.5 cm³/mol. The first kappa shape index (κ1) is 15.7. The molecular formula is C14H18N2O4. The van der Waals surface area contributed by atoms with E-state index in [2.05, 4.69) is 10.6 Å². The number of carboxylic acids is 1. The average Bonchev–Trinajstić information content (AvgIpc) is 2.37. The van der Waals surface area contributed by atoms with E-state index in [9.17, 15) is 14.4 Å². The third-order valence-corrected chi connectivity index (χ3v) is 2.97. The van der Waals surface area contributed by atoms with Crippen molar-refractivity contribution in [3.63, 3.8) is 0 Å². The van der Waals surface area contributed by atoms with Crippen LogP contribution in [0.1, 0.15) is 31.1 Å². The molecule has 2 atom stereocenters. The lowest BCUT2D eigenvalue weighted by Crippen LogP contribution is -2.40. The molecule has 3 N–H and O–H groups in total. The molecule has 0 aliphatic carbocycles. The molecule has 6 nitrogen and oxygen atoms in total. The van der Waals surface area contributed by atoms with Gasteiger partial charge in [-0.05, 0) is 38.1 Å². The van der Waals surface area contributed by atoms with E-state index < -0.39 is 17.9 Å². The van der Waals surface area contributed by atoms with Crippen LogP contribution in [0.3, 0.4) is 0 Å². The molecule has 1 aromatic rings. The van der Waals surface area contributed by atoms with Gasteiger partial charge in [-0.2, -0.15) is 0 Å². The van der Waals surface area contributed by atoms with E-state index in [0.29, 0.717) is 11.3 Å². The van der Waals surface area contributed by atoms with Crippen LogP contribution < -0.4 is 10.6 Å². The second-order valence-corrected chi connectivity index (χ2v) is 4.65. The van der Waals surface area contributed by atoms with Crippen LogP contribution in [-0.4, -0.2) is 28.9 Å². The minimum atomic E-state index is -0.959. The summed E-state index contributed by atoms with van der Waals surface area (Å²) in [6.45, 7) is 4.57. The molecule has 6 heteroatoms. The first-order chi connectivity index (χ1) is 9.31. The fourth-order valence-corrected chi connectivity index (χ4v) is 1.54. The van der Waals surface area contributed by atoms with Crippen molar-refractivity contribution in [3.05, 3.63) is 29.8 Å². The van der Waals surface area contributed by atoms with Crippen LogP contribution in [0.25, 0.3) is 0 Å². The molecule has 108 valence electrons. The molecule has 2 unspecified atom stereocenters. The van der Waals surface area contributed by atoms with Gasteiger partial charge in [-0.15, -0.1) is 0 Å². The van der Waals surface area contributed by atoms with Crippen molar-refractivity contribution in [2.75, 3.05) is 5.32 Å². The van der Waals surface area contributed by atoms with Gasteiger partial charge in [0.15, 0.2) is 0 Å². The number of nitrogens with one attached hydrogen (secondary N) is 2. The zero-order valence-electron chi connectivity index (χ0n) is 11.6. The summed E-state index contributed by atoms with van der Waals surface area (Å²) in [5.41, 5.74) is 1.00. The number of hydrogen-bond acceptors (Lipinski definition) is 3. The standard InChI is InChI=1S/C14H18N2O4/c1-8(14(19)20)9(2)15-13(18)11-4-6-12(7-5-11)16-10(3)17/h4-9H,1-3H3,(H,15,18)(H,16,17)(H,19,20). The third kappa shape index (κ3) is 4.38. The van der Waals surface area contributed by atoms with E-state index in [4.69, 9.17) is 5.11 Å². The van der Waals surface area contributed by atoms with Crippen molar-refractivity contribution in [1.82, 2.24) is 5.32 Å². The van der Waals surface area contributed by atoms with Gasteiger partial charge in [0, 0.05) is 24.2 Å². The minimum Gasteiger partial charge on any atom is -0.481 e. The second-order valence-electron chi connectivity index (χ2n) is 4.65. The van der Waals surface area contributed by atoms with E-state index >= 15 is 0 Å². The quantitative estimate of drug-likeness (QED) is 0.760. The lowest BCUT2D eigenvalue weighted by Gasteiger charge is -2.17. The second kappa shape index (κ2) is 6.70. The van der Waals surface area contributed by atoms with Crippen molar-refractivity contribution >= 4 is 23.5 Å². The number of rotatable bonds is 5. The van der Waals surface area contributed by atoms with Crippen molar-refractivity contribution in [2.45, 2.75) is 26.8 Å². The maximum Gasteiger partial charge on any atom is 0.308 e. The molecule has 1 aromatic carbocycles. The molecule has 0 aliphatic heterocycles. The highest BCUT2D eigenvalue weighted by atomic mass is 16.4. The van der Waals surface area contributed by atoms with E-state index in [-0.39, 0.29) is 11.8 Å². The van der Waals surface area contributed by atoms with Gasteiger partial charge in [0.2, 0.25) is 5.91 Å². The number of aliphatic carboxylic acids is 1. The molecule has 0 fully saturated rings. The molecule has 0 heterocycles. The van der Waals surface area contributed by atoms with Gasteiger partial charge in [-0.1, -0.05) is 0 Å². The van der Waals surface area contributed by atoms with Crippen LogP contribution in [0, 0.1) is 5.92 Å². The molecule has 0 saturated carbocycles. The summed E-state index contributed by atoms with van der Waals surface area (Å²) in [5.74, 6) is -2.16. The fourth-order valence-electron chi connectivity index (χ4n) is 1.54. The summed E-state index contributed by atoms with van der Waals surface area (Å²) in [6, 6.07) is 5.89. The molecule has 0 bridgehead atoms. The van der Waals surface area contributed by atoms with Gasteiger partial charge >= 0.3 is 5.97 Å². The Balaban J connectivity index is 2.68. The van der Waals surface area contributed by atoms with Crippen molar-refractivity contribution in [1.29, 1.82) is 0 Å². The Morgan fingerprint density at radius 2 is 1.65 bits per heavy atom. The number of hydrogen-bond donors (Lipinski definition) is 3. The Kier molecular flexibility index (Phi) is 5.25. The molecule has 0 radical (unpaired) electrons. The van der Waals surface area contributed by atoms with E-state index in [1.807, 2.05) is 0 Å². The van der Waals surface area contributed by atoms with Crippen molar-refractivity contribution < 1.29 is 19.5 Å². The lowest BCUT2D eigenvalue weighted by molar-refractivity contribution is -0.141. The Hall–Kier alpha value is -2.37. The number of carboxylic acid groups (broad SMARTS) is 1. The number of carbonyl (C=O) groups is 3. The van der Waals surface area contributed by atoms with Crippen LogP contribution in [-0.2, 0) is 9.59 Å². The van der Waals surface area contributed by atoms with Crippen molar-refractivity contribution in [3.8, 4) is 0 Å². The first-order valence-electron chi connectivity index (χ1n) is 6.22. The molecule has 0 spiro atoms. The van der Waals surface area contributed by atoms with Gasteiger partial charge in [0.25, 0.3) is 5.91 Å². The molecule has 0 aliphatic rings. The maximum absolute atomic E-state index is 11.9. The van der Waals surface area contributed by atoms with E-state index in [1.54, 1.807) is 31.2 Å². The van der Waals surface area contributed by atoms with Gasteiger partial charge in [0.05, 0.1) is 5.92 Å². The summed E-state index contributed by atoms with van der Waals surface area (Å²) in [7, 11) is 0. The van der Waals surface area contributed by atoms with Crippen LogP contribution in [0.4, 0.5) is 5.69 Å². The zero-order chi connectivity index (χ0) is 15.3. The monoisotopic (exact) mass is 278 g/mol. The van der Waals surface area contributed by atoms with Crippen LogP contribution in [0.15, 0.2) is 24.3 Å². The van der Waals surface area contributed by atoms with E-state index in [1.165, 1.54) is 13.8 Å². The molecular weight excluding hydrogens is 260 g/mol. The smallest absolute Gasteiger partial charge is 0.308 e. The van der Waals surface area contributed by atoms with Gasteiger partial charge < -0.3 is 15.7 Å². The van der Waals surface area contributed by atoms with Crippen LogP contribution in [0.5, 0.6) is 0 Å². The third-order valence-electron chi connectivity index (χ3n) is 2.97. The number of anilines is 1. The largest absolute Gasteiger partial charge is 0.481 e. The van der Waals surface area contributed by atoms with Crippen molar-refractivity contribution in [2.24, 2.45) is 5.92 Å². The molecule has 2 amide bonds. The maximum atomic E-state index is 11.9. The van der Waals surface area contributed by atoms with Gasteiger partial charge in [0.1, 0.15) is 0 Å². The lowest BCUT2D eigenvalue weighted by atomic mass is 10.0. The summed E-state index contributed by atoms with van der Waals surface area (Å²) in [4.78, 5) is 33.6. The highest BCUT2D eigenvalue weighted by Gasteiger charge is 2.21. The predicted octanol–water partition coefficient (Wildman–Crippen LogP) is 1.48. The summed E-state index contributed by atoms with van der Waals surface area (Å²) < 4.78 is 0. The SMILES string of the molecule is CC(=O)Nc1ccc(C(=O)NC(C)C(C)C(=O)O)cc1. The topological polar surface area (TPSA) is 95.5 Å². The van der Waals surface area contributed by atoms with Gasteiger partial charge in [-0.25, -0.2) is 0 Å². The minimum absolute atomic E-state index is 0.189. The van der Waals surface area contributed by atoms with Crippen LogP contribution in [0.2, 0.25) is 0 Å². The first-order valence-corrected chi connectivity index (χ1v) is 6.22. The molecule has 1 rings (SSSR count). The van der Waals surface area contributed by atoms with Gasteiger partial charge in [-0.3, -0.25) is 14.4 Å². The number of benzene rings is 1. The average molecular weight is 278 g/mol. The van der Waals surface area contributed by atoms with E-state index in [0.717, 1.165) is 0 Å². The molecule has 20 heavy (non-hydrogen) atoms. The Morgan fingerprint density at radius 1 is 1.10 bits per heavy atom. The normalized spacial score (nSPS) is 13.2. The Labute approximate surface area is 117 Å². The molecule has 0 aromatic heterocycles. The number of amides is 2. The Bertz CT molecular complexity index is 510. The summed E-state index contributed by atoms with van der Waals surface area (Å²) in [6.07, 6.45) is 0. The molecule has 0 saturated heterocycles. The summed E-state index contributed by atoms with van der Waals surface area (Å²) in [5, 5.41) is 14.1. The zero-order valence-corrected chi connectivity index (χ0v) is 11.6. The highest BCUT2D eigenvalue weighted by Crippen LogP contribution is 2.10. The highest BCUT2D eigenvalue weighted by molar-refractivity contribution is 5.95. The fraction of sp³-hybridized carbons (Fsp3) is 0.357. The Morgan fingerprint density at radius 3 is 2.10 bits per heavy atom. The summed E-state index contributed by atoms with van der Waals surface area (Å²) >= 11 is 0. The number of carbonyl (C=O) groups excluding carboxylic acids is 2. The van der Waals surface area contributed by atoms with Crippen LogP contribution >= 0.6 is 0 Å².